The van der Waals surface area contributed by atoms with E-state index in [1.807, 2.05) is 30.3 Å². The number of amides is 2. The molecule has 0 heterocycles. The average molecular weight is 377 g/mol. The molecule has 2 amide bonds. The fourth-order valence-corrected chi connectivity index (χ4v) is 2.18. The first-order valence-corrected chi connectivity index (χ1v) is 8.11. The number of nitrogens with one attached hydrogen (secondary N) is 2. The first-order chi connectivity index (χ1) is 12.8. The summed E-state index contributed by atoms with van der Waals surface area (Å²) in [5, 5.41) is 5.95. The zero-order valence-electron chi connectivity index (χ0n) is 14.5. The van der Waals surface area contributed by atoms with Gasteiger partial charge in [0.25, 0.3) is 0 Å². The fourth-order valence-electron chi connectivity index (χ4n) is 2.18. The Labute approximate surface area is 154 Å². The highest BCUT2D eigenvalue weighted by Crippen LogP contribution is 2.30. The number of hydrazone groups is 1. The molecule has 27 heavy (non-hydrogen) atoms. The number of carbonyl (C=O) groups excluding carboxylic acids is 2. The molecule has 2 N–H and O–H groups in total. The van der Waals surface area contributed by atoms with Crippen molar-refractivity contribution in [3.8, 4) is 0 Å². The maximum absolute atomic E-state index is 12.7. The topological polar surface area (TPSA) is 70.6 Å². The summed E-state index contributed by atoms with van der Waals surface area (Å²) in [6.07, 6.45) is -3.23. The molecule has 0 saturated heterocycles. The summed E-state index contributed by atoms with van der Waals surface area (Å²) in [6.45, 7) is 1.70. The third kappa shape index (κ3) is 6.58. The van der Waals surface area contributed by atoms with Gasteiger partial charge in [0.2, 0.25) is 0 Å². The molecule has 2 aromatic carbocycles. The van der Waals surface area contributed by atoms with Gasteiger partial charge in [-0.1, -0.05) is 36.4 Å². The van der Waals surface area contributed by atoms with Crippen LogP contribution >= 0.6 is 0 Å². The molecule has 0 unspecified atom stereocenters. The molecule has 2 aromatic rings. The van der Waals surface area contributed by atoms with Gasteiger partial charge in [-0.3, -0.25) is 9.59 Å². The number of anilines is 1. The molecular weight excluding hydrogens is 359 g/mol. The third-order valence-corrected chi connectivity index (χ3v) is 3.62. The van der Waals surface area contributed by atoms with Crippen LogP contribution in [0.4, 0.5) is 18.9 Å². The highest BCUT2D eigenvalue weighted by molar-refractivity contribution is 6.39. The minimum Gasteiger partial charge on any atom is -0.318 e. The maximum atomic E-state index is 12.7. The summed E-state index contributed by atoms with van der Waals surface area (Å²) in [4.78, 5) is 23.5. The molecule has 142 valence electrons. The van der Waals surface area contributed by atoms with Gasteiger partial charge in [0.05, 0.1) is 5.56 Å². The molecule has 0 saturated carbocycles. The average Bonchev–Trinajstić information content (AvgIpc) is 2.64. The van der Waals surface area contributed by atoms with Gasteiger partial charge in [-0.25, -0.2) is 5.43 Å². The highest BCUT2D eigenvalue weighted by atomic mass is 19.4. The van der Waals surface area contributed by atoms with E-state index in [9.17, 15) is 22.8 Å². The van der Waals surface area contributed by atoms with Crippen LogP contribution in [0.5, 0.6) is 0 Å². The van der Waals surface area contributed by atoms with Gasteiger partial charge in [0.15, 0.2) is 0 Å². The van der Waals surface area contributed by atoms with Crippen molar-refractivity contribution in [1.29, 1.82) is 0 Å². The Morgan fingerprint density at radius 2 is 1.70 bits per heavy atom. The normalized spacial score (nSPS) is 11.8. The number of benzene rings is 2. The van der Waals surface area contributed by atoms with Crippen LogP contribution in [0, 0.1) is 0 Å². The SMILES string of the molecule is CC(CCc1ccccc1)=NNC(=O)C(=O)Nc1cccc(C(F)(F)F)c1. The van der Waals surface area contributed by atoms with Gasteiger partial charge < -0.3 is 5.32 Å². The van der Waals surface area contributed by atoms with Crippen molar-refractivity contribution in [2.24, 2.45) is 5.10 Å². The molecule has 0 aliphatic rings. The van der Waals surface area contributed by atoms with E-state index in [4.69, 9.17) is 0 Å². The van der Waals surface area contributed by atoms with E-state index < -0.39 is 23.6 Å². The van der Waals surface area contributed by atoms with E-state index >= 15 is 0 Å². The summed E-state index contributed by atoms with van der Waals surface area (Å²) >= 11 is 0. The summed E-state index contributed by atoms with van der Waals surface area (Å²) in [5.74, 6) is -2.17. The number of rotatable bonds is 5. The Balaban J connectivity index is 1.87. The Bertz CT molecular complexity index is 834. The van der Waals surface area contributed by atoms with Crippen molar-refractivity contribution >= 4 is 23.2 Å². The van der Waals surface area contributed by atoms with Crippen molar-refractivity contribution < 1.29 is 22.8 Å². The highest BCUT2D eigenvalue weighted by Gasteiger charge is 2.30. The molecule has 0 aliphatic heterocycles. The van der Waals surface area contributed by atoms with Crippen molar-refractivity contribution in [2.45, 2.75) is 25.9 Å². The molecule has 0 spiro atoms. The molecule has 0 radical (unpaired) electrons. The lowest BCUT2D eigenvalue weighted by molar-refractivity contribution is -0.137. The molecule has 0 aromatic heterocycles. The largest absolute Gasteiger partial charge is 0.416 e. The van der Waals surface area contributed by atoms with Gasteiger partial charge in [-0.2, -0.15) is 18.3 Å². The van der Waals surface area contributed by atoms with Crippen molar-refractivity contribution in [2.75, 3.05) is 5.32 Å². The molecule has 2 rings (SSSR count). The van der Waals surface area contributed by atoms with Gasteiger partial charge in [-0.15, -0.1) is 0 Å². The van der Waals surface area contributed by atoms with E-state index in [2.05, 4.69) is 15.8 Å². The summed E-state index contributed by atoms with van der Waals surface area (Å²) < 4.78 is 38.0. The monoisotopic (exact) mass is 377 g/mol. The lowest BCUT2D eigenvalue weighted by Crippen LogP contribution is -2.33. The van der Waals surface area contributed by atoms with Crippen molar-refractivity contribution in [3.05, 3.63) is 65.7 Å². The fraction of sp³-hybridized carbons (Fsp3) is 0.211. The summed E-state index contributed by atoms with van der Waals surface area (Å²) in [5.41, 5.74) is 2.77. The number of aryl methyl sites for hydroxylation is 1. The van der Waals surface area contributed by atoms with E-state index in [1.165, 1.54) is 6.07 Å². The van der Waals surface area contributed by atoms with Crippen molar-refractivity contribution in [3.63, 3.8) is 0 Å². The molecule has 0 atom stereocenters. The van der Waals surface area contributed by atoms with Gasteiger partial charge in [0, 0.05) is 11.4 Å². The predicted octanol–water partition coefficient (Wildman–Crippen LogP) is 3.77. The van der Waals surface area contributed by atoms with Crippen LogP contribution in [0.2, 0.25) is 0 Å². The Hall–Kier alpha value is -3.16. The molecule has 5 nitrogen and oxygen atoms in total. The number of hydrogen-bond donors (Lipinski definition) is 2. The van der Waals surface area contributed by atoms with Crippen LogP contribution in [0.3, 0.4) is 0 Å². The number of nitrogens with zero attached hydrogens (tertiary/aromatic N) is 1. The number of carbonyl (C=O) groups is 2. The van der Waals surface area contributed by atoms with E-state index in [0.717, 1.165) is 30.2 Å². The standard InChI is InChI=1S/C19H18F3N3O2/c1-13(10-11-14-6-3-2-4-7-14)24-25-18(27)17(26)23-16-9-5-8-15(12-16)19(20,21)22/h2-9,12H,10-11H2,1H3,(H,23,26)(H,25,27). The second-order valence-corrected chi connectivity index (χ2v) is 5.81. The molecule has 8 heteroatoms. The lowest BCUT2D eigenvalue weighted by Gasteiger charge is -2.09. The van der Waals surface area contributed by atoms with Crippen LogP contribution in [0.15, 0.2) is 59.7 Å². The zero-order valence-corrected chi connectivity index (χ0v) is 14.5. The Morgan fingerprint density at radius 3 is 2.37 bits per heavy atom. The second-order valence-electron chi connectivity index (χ2n) is 5.81. The van der Waals surface area contributed by atoms with E-state index in [1.54, 1.807) is 6.92 Å². The smallest absolute Gasteiger partial charge is 0.318 e. The Kier molecular flexibility index (Phi) is 6.70. The van der Waals surface area contributed by atoms with E-state index in [0.29, 0.717) is 12.1 Å². The quantitative estimate of drug-likeness (QED) is 0.473. The maximum Gasteiger partial charge on any atom is 0.416 e. The van der Waals surface area contributed by atoms with E-state index in [-0.39, 0.29) is 5.69 Å². The van der Waals surface area contributed by atoms with Crippen molar-refractivity contribution in [1.82, 2.24) is 5.43 Å². The van der Waals surface area contributed by atoms with Crippen LogP contribution in [0.1, 0.15) is 24.5 Å². The minimum atomic E-state index is -4.54. The number of hydrogen-bond acceptors (Lipinski definition) is 3. The zero-order chi connectivity index (χ0) is 19.9. The van der Waals surface area contributed by atoms with Gasteiger partial charge in [-0.05, 0) is 43.5 Å². The van der Waals surface area contributed by atoms with Crippen LogP contribution < -0.4 is 10.7 Å². The van der Waals surface area contributed by atoms with Gasteiger partial charge in [0.1, 0.15) is 0 Å². The predicted molar refractivity (Wildman–Crippen MR) is 96.1 cm³/mol. The second kappa shape index (κ2) is 8.98. The number of alkyl halides is 3. The Morgan fingerprint density at radius 1 is 1.00 bits per heavy atom. The van der Waals surface area contributed by atoms with Gasteiger partial charge >= 0.3 is 18.0 Å². The summed E-state index contributed by atoms with van der Waals surface area (Å²) in [7, 11) is 0. The first kappa shape index (κ1) is 20.2. The first-order valence-electron chi connectivity index (χ1n) is 8.11. The summed E-state index contributed by atoms with van der Waals surface area (Å²) in [6, 6.07) is 13.7. The molecule has 0 bridgehead atoms. The van der Waals surface area contributed by atoms with Crippen LogP contribution in [-0.4, -0.2) is 17.5 Å². The molecule has 0 aliphatic carbocycles. The van der Waals surface area contributed by atoms with Crippen LogP contribution in [0.25, 0.3) is 0 Å². The third-order valence-electron chi connectivity index (χ3n) is 3.62. The van der Waals surface area contributed by atoms with Crippen LogP contribution in [-0.2, 0) is 22.2 Å². The molecular formula is C19H18F3N3O2. The molecule has 0 fully saturated rings. The minimum absolute atomic E-state index is 0.130. The number of halogens is 3. The lowest BCUT2D eigenvalue weighted by atomic mass is 10.1.